The van der Waals surface area contributed by atoms with Crippen molar-refractivity contribution < 1.29 is 9.47 Å². The number of hydrogen-bond acceptors (Lipinski definition) is 4. The molecule has 0 bridgehead atoms. The Labute approximate surface area is 171 Å². The zero-order valence-electron chi connectivity index (χ0n) is 14.6. The van der Waals surface area contributed by atoms with E-state index in [0.29, 0.717) is 32.4 Å². The van der Waals surface area contributed by atoms with Gasteiger partial charge in [0.1, 0.15) is 16.0 Å². The van der Waals surface area contributed by atoms with E-state index in [1.54, 1.807) is 25.3 Å². The highest BCUT2D eigenvalue weighted by atomic mass is 79.9. The molecule has 1 heterocycles. The van der Waals surface area contributed by atoms with Gasteiger partial charge < -0.3 is 9.47 Å². The van der Waals surface area contributed by atoms with Crippen LogP contribution in [0.5, 0.6) is 17.4 Å². The Kier molecular flexibility index (Phi) is 6.33. The van der Waals surface area contributed by atoms with Crippen LogP contribution < -0.4 is 9.47 Å². The predicted octanol–water partition coefficient (Wildman–Crippen LogP) is 5.96. The lowest BCUT2D eigenvalue weighted by Crippen LogP contribution is -2.00. The van der Waals surface area contributed by atoms with Gasteiger partial charge in [0.15, 0.2) is 0 Å². The van der Waals surface area contributed by atoms with Crippen molar-refractivity contribution in [2.24, 2.45) is 0 Å². The zero-order chi connectivity index (χ0) is 19.2. The first-order valence-corrected chi connectivity index (χ1v) is 9.42. The number of rotatable bonds is 6. The number of hydrogen-bond donors (Lipinski definition) is 0. The van der Waals surface area contributed by atoms with Crippen LogP contribution in [0.25, 0.3) is 0 Å². The van der Waals surface area contributed by atoms with E-state index in [1.807, 2.05) is 24.3 Å². The number of pyridine rings is 1. The molecule has 0 N–H and O–H groups in total. The molecule has 0 spiro atoms. The first-order valence-electron chi connectivity index (χ1n) is 8.25. The van der Waals surface area contributed by atoms with Gasteiger partial charge in [0.05, 0.1) is 18.7 Å². The highest BCUT2D eigenvalue weighted by Gasteiger charge is 2.14. The minimum Gasteiger partial charge on any atom is -0.480 e. The zero-order valence-corrected chi connectivity index (χ0v) is 16.9. The number of methoxy groups -OCH3 is 1. The monoisotopic (exact) mass is 442 g/mol. The van der Waals surface area contributed by atoms with E-state index in [0.717, 1.165) is 18.5 Å². The Balaban J connectivity index is 1.88. The quantitative estimate of drug-likeness (QED) is 0.472. The summed E-state index contributed by atoms with van der Waals surface area (Å²) in [5.74, 6) is 1.47. The van der Waals surface area contributed by atoms with Crippen LogP contribution in [0.15, 0.2) is 59.1 Å². The van der Waals surface area contributed by atoms with Gasteiger partial charge in [0.25, 0.3) is 0 Å². The van der Waals surface area contributed by atoms with Gasteiger partial charge in [-0.1, -0.05) is 41.9 Å². The van der Waals surface area contributed by atoms with E-state index in [2.05, 4.69) is 39.1 Å². The fourth-order valence-corrected chi connectivity index (χ4v) is 3.27. The highest BCUT2D eigenvalue weighted by molar-refractivity contribution is 9.10. The molecule has 27 heavy (non-hydrogen) atoms. The van der Waals surface area contributed by atoms with E-state index in [4.69, 9.17) is 26.3 Å². The van der Waals surface area contributed by atoms with Gasteiger partial charge in [-0.2, -0.15) is 5.26 Å². The van der Waals surface area contributed by atoms with Crippen molar-refractivity contribution in [3.05, 3.63) is 80.9 Å². The van der Waals surface area contributed by atoms with Crippen LogP contribution in [0.3, 0.4) is 0 Å². The standard InChI is InChI=1S/C21H16BrClN2O2/c1-26-21-20(22)19(27-18-10-15(13-24)9-16(23)11-18)12-17(25-21)8-7-14-5-3-2-4-6-14/h2-6,9-12H,7-8H2,1H3. The van der Waals surface area contributed by atoms with E-state index < -0.39 is 0 Å². The van der Waals surface area contributed by atoms with Crippen molar-refractivity contribution in [3.8, 4) is 23.4 Å². The smallest absolute Gasteiger partial charge is 0.231 e. The number of halogens is 2. The molecule has 2 aromatic carbocycles. The van der Waals surface area contributed by atoms with Crippen molar-refractivity contribution >= 4 is 27.5 Å². The molecular weight excluding hydrogens is 428 g/mol. The summed E-state index contributed by atoms with van der Waals surface area (Å²) >= 11 is 9.54. The molecule has 3 aromatic rings. The molecule has 0 saturated heterocycles. The average Bonchev–Trinajstić information content (AvgIpc) is 2.68. The maximum atomic E-state index is 9.11. The minimum atomic E-state index is 0.430. The summed E-state index contributed by atoms with van der Waals surface area (Å²) in [5, 5.41) is 9.54. The van der Waals surface area contributed by atoms with E-state index in [1.165, 1.54) is 5.56 Å². The lowest BCUT2D eigenvalue weighted by molar-refractivity contribution is 0.386. The topological polar surface area (TPSA) is 55.1 Å². The first-order chi connectivity index (χ1) is 13.1. The van der Waals surface area contributed by atoms with Crippen molar-refractivity contribution in [2.45, 2.75) is 12.8 Å². The van der Waals surface area contributed by atoms with Gasteiger partial charge in [0.2, 0.25) is 5.88 Å². The minimum absolute atomic E-state index is 0.430. The van der Waals surface area contributed by atoms with Crippen molar-refractivity contribution in [1.29, 1.82) is 5.26 Å². The molecule has 0 atom stereocenters. The average molecular weight is 444 g/mol. The highest BCUT2D eigenvalue weighted by Crippen LogP contribution is 2.37. The molecule has 0 aliphatic carbocycles. The summed E-state index contributed by atoms with van der Waals surface area (Å²) in [5.41, 5.74) is 2.51. The third-order valence-electron chi connectivity index (χ3n) is 3.88. The van der Waals surface area contributed by atoms with Crippen LogP contribution >= 0.6 is 27.5 Å². The van der Waals surface area contributed by atoms with Crippen LogP contribution in [-0.4, -0.2) is 12.1 Å². The summed E-state index contributed by atoms with van der Waals surface area (Å²) in [7, 11) is 1.56. The molecule has 0 aliphatic heterocycles. The summed E-state index contributed by atoms with van der Waals surface area (Å²) < 4.78 is 11.9. The Bertz CT molecular complexity index is 987. The van der Waals surface area contributed by atoms with E-state index in [9.17, 15) is 0 Å². The number of aryl methyl sites for hydroxylation is 2. The Morgan fingerprint density at radius 2 is 1.89 bits per heavy atom. The van der Waals surface area contributed by atoms with Crippen LogP contribution in [0.4, 0.5) is 0 Å². The molecule has 6 heteroatoms. The molecule has 4 nitrogen and oxygen atoms in total. The van der Waals surface area contributed by atoms with Gasteiger partial charge >= 0.3 is 0 Å². The number of ether oxygens (including phenoxy) is 2. The lowest BCUT2D eigenvalue weighted by Gasteiger charge is -2.13. The summed E-state index contributed by atoms with van der Waals surface area (Å²) in [6.45, 7) is 0. The second-order valence-corrected chi connectivity index (χ2v) is 7.04. The first kappa shape index (κ1) is 19.2. The second-order valence-electron chi connectivity index (χ2n) is 5.81. The Morgan fingerprint density at radius 1 is 1.11 bits per heavy atom. The molecule has 0 amide bonds. The molecule has 0 unspecified atom stereocenters. The lowest BCUT2D eigenvalue weighted by atomic mass is 10.1. The summed E-state index contributed by atoms with van der Waals surface area (Å²) in [4.78, 5) is 4.53. The van der Waals surface area contributed by atoms with Gasteiger partial charge in [-0.25, -0.2) is 4.98 Å². The van der Waals surface area contributed by atoms with Crippen molar-refractivity contribution in [2.75, 3.05) is 7.11 Å². The molecule has 0 fully saturated rings. The summed E-state index contributed by atoms with van der Waals surface area (Å²) in [6.07, 6.45) is 1.59. The van der Waals surface area contributed by atoms with Gasteiger partial charge in [-0.05, 0) is 52.5 Å². The fourth-order valence-electron chi connectivity index (χ4n) is 2.60. The van der Waals surface area contributed by atoms with Crippen molar-refractivity contribution in [1.82, 2.24) is 4.98 Å². The predicted molar refractivity (Wildman–Crippen MR) is 109 cm³/mol. The molecule has 0 saturated carbocycles. The normalized spacial score (nSPS) is 10.3. The third-order valence-corrected chi connectivity index (χ3v) is 4.83. The van der Waals surface area contributed by atoms with E-state index in [-0.39, 0.29) is 0 Å². The molecule has 1 aromatic heterocycles. The number of aromatic nitrogens is 1. The molecular formula is C21H16BrClN2O2. The van der Waals surface area contributed by atoms with Crippen LogP contribution in [-0.2, 0) is 12.8 Å². The maximum Gasteiger partial charge on any atom is 0.231 e. The molecule has 3 rings (SSSR count). The van der Waals surface area contributed by atoms with Crippen LogP contribution in [0.2, 0.25) is 5.02 Å². The van der Waals surface area contributed by atoms with Gasteiger partial charge in [-0.3, -0.25) is 0 Å². The van der Waals surface area contributed by atoms with Gasteiger partial charge in [-0.15, -0.1) is 0 Å². The number of benzene rings is 2. The molecule has 0 aliphatic rings. The Morgan fingerprint density at radius 3 is 2.59 bits per heavy atom. The number of nitriles is 1. The van der Waals surface area contributed by atoms with Gasteiger partial charge in [0, 0.05) is 16.8 Å². The third kappa shape index (κ3) is 5.00. The fraction of sp³-hybridized carbons (Fsp3) is 0.143. The second kappa shape index (κ2) is 8.90. The summed E-state index contributed by atoms with van der Waals surface area (Å²) in [6, 6.07) is 19.0. The number of nitrogens with zero attached hydrogens (tertiary/aromatic N) is 2. The van der Waals surface area contributed by atoms with Crippen LogP contribution in [0, 0.1) is 11.3 Å². The maximum absolute atomic E-state index is 9.11. The SMILES string of the molecule is COc1nc(CCc2ccccc2)cc(Oc2cc(Cl)cc(C#N)c2)c1Br. The Hall–Kier alpha value is -2.55. The molecule has 136 valence electrons. The van der Waals surface area contributed by atoms with Crippen molar-refractivity contribution in [3.63, 3.8) is 0 Å². The largest absolute Gasteiger partial charge is 0.480 e. The van der Waals surface area contributed by atoms with E-state index >= 15 is 0 Å². The molecule has 0 radical (unpaired) electrons. The van der Waals surface area contributed by atoms with Crippen LogP contribution in [0.1, 0.15) is 16.8 Å².